The minimum atomic E-state index is -1.23. The van der Waals surface area contributed by atoms with Gasteiger partial charge in [-0.3, -0.25) is 4.40 Å². The van der Waals surface area contributed by atoms with Gasteiger partial charge in [0.15, 0.2) is 0 Å². The van der Waals surface area contributed by atoms with Gasteiger partial charge in [-0.25, -0.2) is 4.98 Å². The lowest BCUT2D eigenvalue weighted by atomic mass is 10.0. The average molecular weight is 353 g/mol. The van der Waals surface area contributed by atoms with Crippen molar-refractivity contribution in [2.75, 3.05) is 0 Å². The Balaban J connectivity index is 1.83. The van der Waals surface area contributed by atoms with Gasteiger partial charge < -0.3 is 9.90 Å². The monoisotopic (exact) mass is 353 g/mol. The van der Waals surface area contributed by atoms with E-state index >= 15 is 0 Å². The van der Waals surface area contributed by atoms with Gasteiger partial charge in [0.2, 0.25) is 0 Å². The number of pyridine rings is 1. The smallest absolute Gasteiger partial charge is 0.138 e. The van der Waals surface area contributed by atoms with Crippen LogP contribution in [0.4, 0.5) is 0 Å². The van der Waals surface area contributed by atoms with Crippen LogP contribution in [0.15, 0.2) is 79.0 Å². The Morgan fingerprint density at radius 1 is 0.963 bits per heavy atom. The highest BCUT2D eigenvalue weighted by Crippen LogP contribution is 2.28. The summed E-state index contributed by atoms with van der Waals surface area (Å²) < 4.78 is 1.88. The topological polar surface area (TPSA) is 57.4 Å². The molecule has 0 aliphatic carbocycles. The number of fused-ring (bicyclic) bond motifs is 1. The first-order chi connectivity index (χ1) is 13.1. The van der Waals surface area contributed by atoms with Crippen molar-refractivity contribution in [3.8, 4) is 22.4 Å². The number of carboxylic acids is 1. The van der Waals surface area contributed by atoms with Crippen molar-refractivity contribution >= 4 is 17.7 Å². The molecule has 0 N–H and O–H groups in total. The van der Waals surface area contributed by atoms with Crippen molar-refractivity contribution in [1.82, 2.24) is 9.38 Å². The fraction of sp³-hybridized carbons (Fsp3) is 0.0435. The van der Waals surface area contributed by atoms with Crippen molar-refractivity contribution in [2.24, 2.45) is 0 Å². The van der Waals surface area contributed by atoms with E-state index in [-0.39, 0.29) is 0 Å². The summed E-state index contributed by atoms with van der Waals surface area (Å²) in [6, 6.07) is 22.2. The van der Waals surface area contributed by atoms with Crippen LogP contribution in [-0.2, 0) is 4.79 Å². The van der Waals surface area contributed by atoms with E-state index in [1.165, 1.54) is 6.08 Å². The first-order valence-corrected chi connectivity index (χ1v) is 8.65. The zero-order chi connectivity index (χ0) is 18.8. The second-order valence-corrected chi connectivity index (χ2v) is 6.37. The Morgan fingerprint density at radius 3 is 2.33 bits per heavy atom. The highest BCUT2D eigenvalue weighted by atomic mass is 16.4. The number of carbonyl (C=O) groups is 1. The minimum absolute atomic E-state index is 0.710. The zero-order valence-electron chi connectivity index (χ0n) is 14.8. The highest BCUT2D eigenvalue weighted by molar-refractivity contribution is 5.86. The standard InChI is InChI=1S/C23H18N2O2/c1-16-13-14-25-20(11-12-22(26)27)23(24-21(25)15-16)19-9-7-18(8-10-19)17-5-3-2-4-6-17/h2-15H,1H3,(H,26,27)/p-1/b12-11+. The van der Waals surface area contributed by atoms with Crippen LogP contribution in [0.5, 0.6) is 0 Å². The van der Waals surface area contributed by atoms with Crippen molar-refractivity contribution in [3.63, 3.8) is 0 Å². The lowest BCUT2D eigenvalue weighted by molar-refractivity contribution is -0.297. The number of benzene rings is 2. The van der Waals surface area contributed by atoms with Gasteiger partial charge in [-0.1, -0.05) is 54.6 Å². The molecule has 0 saturated carbocycles. The van der Waals surface area contributed by atoms with E-state index in [0.717, 1.165) is 39.7 Å². The van der Waals surface area contributed by atoms with Gasteiger partial charge in [0.25, 0.3) is 0 Å². The van der Waals surface area contributed by atoms with Crippen LogP contribution < -0.4 is 5.11 Å². The van der Waals surface area contributed by atoms with E-state index in [1.54, 1.807) is 0 Å². The summed E-state index contributed by atoms with van der Waals surface area (Å²) in [6.45, 7) is 2.00. The third-order valence-electron chi connectivity index (χ3n) is 4.46. The third-order valence-corrected chi connectivity index (χ3v) is 4.46. The van der Waals surface area contributed by atoms with Crippen LogP contribution in [-0.4, -0.2) is 15.4 Å². The number of hydrogen-bond donors (Lipinski definition) is 0. The van der Waals surface area contributed by atoms with Gasteiger partial charge in [-0.15, -0.1) is 0 Å². The molecule has 132 valence electrons. The molecular weight excluding hydrogens is 336 g/mol. The molecule has 4 heteroatoms. The van der Waals surface area contributed by atoms with Crippen LogP contribution in [0, 0.1) is 6.92 Å². The fourth-order valence-electron chi connectivity index (χ4n) is 3.14. The van der Waals surface area contributed by atoms with Gasteiger partial charge in [0.1, 0.15) is 5.65 Å². The molecule has 27 heavy (non-hydrogen) atoms. The summed E-state index contributed by atoms with van der Waals surface area (Å²) in [5.41, 5.74) is 6.50. The summed E-state index contributed by atoms with van der Waals surface area (Å²) >= 11 is 0. The number of nitrogens with zero attached hydrogens (tertiary/aromatic N) is 2. The van der Waals surface area contributed by atoms with E-state index in [9.17, 15) is 9.90 Å². The number of carbonyl (C=O) groups excluding carboxylic acids is 1. The Morgan fingerprint density at radius 2 is 1.63 bits per heavy atom. The van der Waals surface area contributed by atoms with Crippen LogP contribution in [0.1, 0.15) is 11.3 Å². The molecular formula is C23H17N2O2-. The average Bonchev–Trinajstić information content (AvgIpc) is 3.04. The maximum absolute atomic E-state index is 10.9. The van der Waals surface area contributed by atoms with E-state index < -0.39 is 5.97 Å². The van der Waals surface area contributed by atoms with Crippen molar-refractivity contribution < 1.29 is 9.90 Å². The van der Waals surface area contributed by atoms with Crippen LogP contribution in [0.2, 0.25) is 0 Å². The SMILES string of the molecule is Cc1ccn2c(/C=C/C(=O)[O-])c(-c3ccc(-c4ccccc4)cc3)nc2c1. The highest BCUT2D eigenvalue weighted by Gasteiger charge is 2.12. The number of hydrogen-bond acceptors (Lipinski definition) is 3. The molecule has 0 saturated heterocycles. The molecule has 4 nitrogen and oxygen atoms in total. The Labute approximate surface area is 157 Å². The molecule has 4 rings (SSSR count). The Hall–Kier alpha value is -3.66. The zero-order valence-corrected chi connectivity index (χ0v) is 14.8. The normalized spacial score (nSPS) is 11.3. The molecule has 0 aliphatic rings. The molecule has 0 bridgehead atoms. The van der Waals surface area contributed by atoms with Gasteiger partial charge in [0.05, 0.1) is 17.4 Å². The van der Waals surface area contributed by atoms with E-state index in [2.05, 4.69) is 12.1 Å². The number of aromatic nitrogens is 2. The number of aliphatic carboxylic acids is 1. The predicted octanol–water partition coefficient (Wildman–Crippen LogP) is 3.74. The van der Waals surface area contributed by atoms with E-state index in [1.807, 2.05) is 72.1 Å². The number of imidazole rings is 1. The largest absolute Gasteiger partial charge is 0.545 e. The second kappa shape index (κ2) is 6.92. The number of rotatable bonds is 4. The molecule has 0 amide bonds. The lowest BCUT2D eigenvalue weighted by Crippen LogP contribution is -2.18. The molecule has 2 aromatic carbocycles. The summed E-state index contributed by atoms with van der Waals surface area (Å²) in [4.78, 5) is 15.6. The number of carboxylic acid groups (broad SMARTS) is 1. The van der Waals surface area contributed by atoms with Crippen LogP contribution >= 0.6 is 0 Å². The fourth-order valence-corrected chi connectivity index (χ4v) is 3.14. The van der Waals surface area contributed by atoms with Crippen molar-refractivity contribution in [1.29, 1.82) is 0 Å². The summed E-state index contributed by atoms with van der Waals surface area (Å²) in [7, 11) is 0. The molecule has 0 atom stereocenters. The van der Waals surface area contributed by atoms with Crippen LogP contribution in [0.3, 0.4) is 0 Å². The third kappa shape index (κ3) is 3.37. The van der Waals surface area contributed by atoms with Gasteiger partial charge in [-0.05, 0) is 47.9 Å². The molecule has 4 aromatic rings. The van der Waals surface area contributed by atoms with Crippen LogP contribution in [0.25, 0.3) is 34.1 Å². The molecule has 0 radical (unpaired) electrons. The molecule has 0 aliphatic heterocycles. The summed E-state index contributed by atoms with van der Waals surface area (Å²) in [6.07, 6.45) is 4.46. The summed E-state index contributed by atoms with van der Waals surface area (Å²) in [5, 5.41) is 10.9. The van der Waals surface area contributed by atoms with Gasteiger partial charge in [-0.2, -0.15) is 0 Å². The van der Waals surface area contributed by atoms with Crippen molar-refractivity contribution in [3.05, 3.63) is 90.3 Å². The quantitative estimate of drug-likeness (QED) is 0.525. The first kappa shape index (κ1) is 16.8. The Bertz CT molecular complexity index is 1140. The van der Waals surface area contributed by atoms with E-state index in [4.69, 9.17) is 4.98 Å². The first-order valence-electron chi connectivity index (χ1n) is 8.65. The Kier molecular flexibility index (Phi) is 4.30. The predicted molar refractivity (Wildman–Crippen MR) is 105 cm³/mol. The van der Waals surface area contributed by atoms with E-state index in [0.29, 0.717) is 5.69 Å². The second-order valence-electron chi connectivity index (χ2n) is 6.37. The van der Waals surface area contributed by atoms with Gasteiger partial charge >= 0.3 is 0 Å². The maximum Gasteiger partial charge on any atom is 0.138 e. The maximum atomic E-state index is 10.9. The molecule has 0 fully saturated rings. The lowest BCUT2D eigenvalue weighted by Gasteiger charge is -2.05. The molecule has 0 unspecified atom stereocenters. The molecule has 2 aromatic heterocycles. The molecule has 2 heterocycles. The van der Waals surface area contributed by atoms with Crippen molar-refractivity contribution in [2.45, 2.75) is 6.92 Å². The number of aryl methyl sites for hydroxylation is 1. The summed E-state index contributed by atoms with van der Waals surface area (Å²) in [5.74, 6) is -1.23. The van der Waals surface area contributed by atoms with Gasteiger partial charge in [0, 0.05) is 11.8 Å². The molecule has 0 spiro atoms. The minimum Gasteiger partial charge on any atom is -0.545 e.